The van der Waals surface area contributed by atoms with E-state index >= 15 is 0 Å². The van der Waals surface area contributed by atoms with E-state index in [9.17, 15) is 9.59 Å². The summed E-state index contributed by atoms with van der Waals surface area (Å²) in [6.07, 6.45) is 1.64. The van der Waals surface area contributed by atoms with Crippen LogP contribution in [0.3, 0.4) is 0 Å². The van der Waals surface area contributed by atoms with E-state index in [-0.39, 0.29) is 36.3 Å². The maximum Gasteiger partial charge on any atom is 0.234 e. The molecule has 0 aromatic heterocycles. The van der Waals surface area contributed by atoms with Crippen LogP contribution in [0.2, 0.25) is 5.02 Å². The lowest BCUT2D eigenvalue weighted by Crippen LogP contribution is -2.52. The van der Waals surface area contributed by atoms with Crippen LogP contribution in [0.4, 0.5) is 0 Å². The fraction of sp³-hybridized carbons (Fsp3) is 0.579. The molecule has 1 aromatic carbocycles. The van der Waals surface area contributed by atoms with Gasteiger partial charge in [-0.2, -0.15) is 0 Å². The number of halogens is 2. The van der Waals surface area contributed by atoms with Gasteiger partial charge in [-0.25, -0.2) is 0 Å². The maximum absolute atomic E-state index is 12.6. The third kappa shape index (κ3) is 5.82. The van der Waals surface area contributed by atoms with Gasteiger partial charge in [0, 0.05) is 56.8 Å². The molecule has 0 bridgehead atoms. The number of hydrogen-bond acceptors (Lipinski definition) is 4. The second-order valence-corrected chi connectivity index (χ2v) is 7.47. The summed E-state index contributed by atoms with van der Waals surface area (Å²) >= 11 is 6.37. The molecule has 1 unspecified atom stereocenters. The molecule has 0 radical (unpaired) electrons. The third-order valence-corrected chi connectivity index (χ3v) is 5.61. The summed E-state index contributed by atoms with van der Waals surface area (Å²) in [6.45, 7) is 5.86. The van der Waals surface area contributed by atoms with Crippen LogP contribution in [0, 0.1) is 0 Å². The SMILES string of the molecule is CC(=O)N1CCC(NC(=O)CN2CCNCC2c2ccccc2Cl)CC1.Cl. The second-order valence-electron chi connectivity index (χ2n) is 7.06. The van der Waals surface area contributed by atoms with Gasteiger partial charge >= 0.3 is 0 Å². The van der Waals surface area contributed by atoms with Crippen molar-refractivity contribution in [3.63, 3.8) is 0 Å². The average Bonchev–Trinajstić information content (AvgIpc) is 2.63. The van der Waals surface area contributed by atoms with Crippen molar-refractivity contribution in [2.24, 2.45) is 0 Å². The summed E-state index contributed by atoms with van der Waals surface area (Å²) in [5.41, 5.74) is 1.06. The minimum absolute atomic E-state index is 0. The number of carbonyl (C=O) groups is 2. The minimum atomic E-state index is 0. The van der Waals surface area contributed by atoms with Crippen molar-refractivity contribution < 1.29 is 9.59 Å². The first kappa shape index (κ1) is 22.0. The molecule has 1 aromatic rings. The summed E-state index contributed by atoms with van der Waals surface area (Å²) in [6, 6.07) is 8.08. The number of piperidine rings is 1. The van der Waals surface area contributed by atoms with Crippen molar-refractivity contribution in [2.45, 2.75) is 31.8 Å². The first-order chi connectivity index (χ1) is 12.5. The molecule has 0 aliphatic carbocycles. The first-order valence-electron chi connectivity index (χ1n) is 9.28. The van der Waals surface area contributed by atoms with Crippen LogP contribution in [-0.4, -0.2) is 66.9 Å². The van der Waals surface area contributed by atoms with E-state index in [0.29, 0.717) is 6.54 Å². The number of piperazine rings is 1. The highest BCUT2D eigenvalue weighted by Crippen LogP contribution is 2.28. The van der Waals surface area contributed by atoms with Gasteiger partial charge in [-0.1, -0.05) is 29.8 Å². The topological polar surface area (TPSA) is 64.7 Å². The summed E-state index contributed by atoms with van der Waals surface area (Å²) < 4.78 is 0. The Hall–Kier alpha value is -1.34. The quantitative estimate of drug-likeness (QED) is 0.788. The van der Waals surface area contributed by atoms with Crippen molar-refractivity contribution in [1.29, 1.82) is 0 Å². The van der Waals surface area contributed by atoms with Crippen LogP contribution in [0.5, 0.6) is 0 Å². The molecular formula is C19H28Cl2N4O2. The molecule has 0 spiro atoms. The molecule has 2 amide bonds. The van der Waals surface area contributed by atoms with E-state index in [0.717, 1.165) is 56.2 Å². The number of nitrogens with zero attached hydrogens (tertiary/aromatic N) is 2. The molecule has 2 N–H and O–H groups in total. The molecule has 2 aliphatic rings. The van der Waals surface area contributed by atoms with Crippen molar-refractivity contribution in [1.82, 2.24) is 20.4 Å². The van der Waals surface area contributed by atoms with E-state index in [2.05, 4.69) is 15.5 Å². The Kier molecular flexibility index (Phi) is 8.35. The summed E-state index contributed by atoms with van der Waals surface area (Å²) in [5.74, 6) is 0.156. The van der Waals surface area contributed by atoms with E-state index in [1.54, 1.807) is 6.92 Å². The molecule has 27 heavy (non-hydrogen) atoms. The first-order valence-corrected chi connectivity index (χ1v) is 9.66. The number of carbonyl (C=O) groups excluding carboxylic acids is 2. The van der Waals surface area contributed by atoms with Gasteiger partial charge in [0.05, 0.1) is 6.54 Å². The molecule has 1 atom stereocenters. The van der Waals surface area contributed by atoms with Gasteiger partial charge < -0.3 is 15.5 Å². The van der Waals surface area contributed by atoms with Gasteiger partial charge in [-0.05, 0) is 24.5 Å². The highest BCUT2D eigenvalue weighted by Gasteiger charge is 2.28. The summed E-state index contributed by atoms with van der Waals surface area (Å²) in [7, 11) is 0. The zero-order valence-corrected chi connectivity index (χ0v) is 17.2. The van der Waals surface area contributed by atoms with E-state index in [4.69, 9.17) is 11.6 Å². The van der Waals surface area contributed by atoms with Gasteiger partial charge in [0.25, 0.3) is 0 Å². The largest absolute Gasteiger partial charge is 0.352 e. The summed E-state index contributed by atoms with van der Waals surface area (Å²) in [4.78, 5) is 28.0. The number of amides is 2. The molecule has 6 nitrogen and oxygen atoms in total. The van der Waals surface area contributed by atoms with Crippen molar-refractivity contribution in [2.75, 3.05) is 39.3 Å². The van der Waals surface area contributed by atoms with Crippen LogP contribution >= 0.6 is 24.0 Å². The van der Waals surface area contributed by atoms with Crippen LogP contribution in [0.1, 0.15) is 31.4 Å². The normalized spacial score (nSPS) is 21.4. The number of rotatable bonds is 4. The Morgan fingerprint density at radius 3 is 2.59 bits per heavy atom. The van der Waals surface area contributed by atoms with Crippen LogP contribution in [0.25, 0.3) is 0 Å². The van der Waals surface area contributed by atoms with Crippen molar-refractivity contribution in [3.05, 3.63) is 34.9 Å². The van der Waals surface area contributed by atoms with Gasteiger partial charge in [0.2, 0.25) is 11.8 Å². The van der Waals surface area contributed by atoms with E-state index in [1.165, 1.54) is 0 Å². The molecule has 2 heterocycles. The Labute approximate surface area is 172 Å². The highest BCUT2D eigenvalue weighted by atomic mass is 35.5. The van der Waals surface area contributed by atoms with Gasteiger partial charge in [-0.3, -0.25) is 14.5 Å². The van der Waals surface area contributed by atoms with Crippen molar-refractivity contribution in [3.8, 4) is 0 Å². The molecular weight excluding hydrogens is 387 g/mol. The molecule has 3 rings (SSSR count). The third-order valence-electron chi connectivity index (χ3n) is 5.27. The Balaban J connectivity index is 0.00000261. The zero-order valence-electron chi connectivity index (χ0n) is 15.6. The molecule has 8 heteroatoms. The molecule has 0 saturated carbocycles. The Bertz CT molecular complexity index is 650. The second kappa shape index (κ2) is 10.3. The van der Waals surface area contributed by atoms with E-state index < -0.39 is 0 Å². The lowest BCUT2D eigenvalue weighted by Gasteiger charge is -2.37. The lowest BCUT2D eigenvalue weighted by atomic mass is 10.0. The monoisotopic (exact) mass is 414 g/mol. The number of benzene rings is 1. The highest BCUT2D eigenvalue weighted by molar-refractivity contribution is 6.31. The van der Waals surface area contributed by atoms with E-state index in [1.807, 2.05) is 29.2 Å². The molecule has 2 fully saturated rings. The molecule has 2 aliphatic heterocycles. The van der Waals surface area contributed by atoms with Crippen LogP contribution in [0.15, 0.2) is 24.3 Å². The predicted molar refractivity (Wildman–Crippen MR) is 109 cm³/mol. The standard InChI is InChI=1S/C19H27ClN4O2.ClH/c1-14(25)23-9-6-15(7-10-23)22-19(26)13-24-11-8-21-12-18(24)16-4-2-3-5-17(16)20;/h2-5,15,18,21H,6-13H2,1H3,(H,22,26);1H. The fourth-order valence-electron chi connectivity index (χ4n) is 3.78. The Morgan fingerprint density at radius 1 is 1.22 bits per heavy atom. The molecule has 2 saturated heterocycles. The lowest BCUT2D eigenvalue weighted by molar-refractivity contribution is -0.130. The van der Waals surface area contributed by atoms with Gasteiger partial charge in [0.1, 0.15) is 0 Å². The average molecular weight is 415 g/mol. The number of likely N-dealkylation sites (tertiary alicyclic amines) is 1. The minimum Gasteiger partial charge on any atom is -0.352 e. The zero-order chi connectivity index (χ0) is 18.5. The summed E-state index contributed by atoms with van der Waals surface area (Å²) in [5, 5.41) is 7.27. The maximum atomic E-state index is 12.6. The van der Waals surface area contributed by atoms with Gasteiger partial charge in [-0.15, -0.1) is 12.4 Å². The molecule has 150 valence electrons. The number of nitrogens with one attached hydrogen (secondary N) is 2. The smallest absolute Gasteiger partial charge is 0.234 e. The fourth-order valence-corrected chi connectivity index (χ4v) is 4.05. The van der Waals surface area contributed by atoms with Crippen molar-refractivity contribution >= 4 is 35.8 Å². The predicted octanol–water partition coefficient (Wildman–Crippen LogP) is 1.84. The Morgan fingerprint density at radius 2 is 1.93 bits per heavy atom. The van der Waals surface area contributed by atoms with Gasteiger partial charge in [0.15, 0.2) is 0 Å². The van der Waals surface area contributed by atoms with Crippen LogP contribution < -0.4 is 10.6 Å². The van der Waals surface area contributed by atoms with Crippen LogP contribution in [-0.2, 0) is 9.59 Å². The number of hydrogen-bond donors (Lipinski definition) is 2.